The van der Waals surface area contributed by atoms with Crippen LogP contribution in [0, 0.1) is 0 Å². The maximum absolute atomic E-state index is 12.2. The van der Waals surface area contributed by atoms with Crippen molar-refractivity contribution in [2.24, 2.45) is 0 Å². The van der Waals surface area contributed by atoms with Crippen molar-refractivity contribution in [2.75, 3.05) is 19.8 Å². The second kappa shape index (κ2) is 39.8. The number of aliphatic carboxylic acids is 1. The number of esters is 1. The summed E-state index contributed by atoms with van der Waals surface area (Å²) in [6.45, 7) is 2.54. The molecule has 12 heteroatoms. The Balaban J connectivity index is 3.82. The van der Waals surface area contributed by atoms with Gasteiger partial charge in [-0.05, 0) is 57.8 Å². The molecule has 0 aliphatic heterocycles. The standard InChI is InChI=1S/C44H82NO10P/c1-3-5-7-9-11-13-15-16-17-18-19-20-21-22-23-24-26-28-30-32-34-36-43(48)53-37-40(46)38-54-56(51,52)55-39-41(44(49)50)45-42(47)35-33-31-29-27-25-14-12-10-8-6-4-2/h10,12,16-17,40-41,46H,3-9,11,13-15,18-39H2,1-2H3,(H,45,47)(H,49,50)(H,51,52)/b12-10-,17-16+. The van der Waals surface area contributed by atoms with E-state index in [1.54, 1.807) is 0 Å². The van der Waals surface area contributed by atoms with Crippen LogP contribution >= 0.6 is 7.82 Å². The third kappa shape index (κ3) is 38.8. The molecule has 56 heavy (non-hydrogen) atoms. The van der Waals surface area contributed by atoms with Gasteiger partial charge in [-0.25, -0.2) is 9.36 Å². The first kappa shape index (κ1) is 54.0. The fraction of sp³-hybridized carbons (Fsp3) is 0.841. The summed E-state index contributed by atoms with van der Waals surface area (Å²) in [5, 5.41) is 21.8. The van der Waals surface area contributed by atoms with E-state index >= 15 is 0 Å². The minimum absolute atomic E-state index is 0.136. The fourth-order valence-corrected chi connectivity index (χ4v) is 6.95. The van der Waals surface area contributed by atoms with Crippen LogP contribution in [0.3, 0.4) is 0 Å². The van der Waals surface area contributed by atoms with Gasteiger partial charge in [0.15, 0.2) is 6.04 Å². The molecule has 0 aromatic heterocycles. The predicted octanol–water partition coefficient (Wildman–Crippen LogP) is 11.4. The van der Waals surface area contributed by atoms with E-state index in [-0.39, 0.29) is 12.8 Å². The number of aliphatic hydroxyl groups is 1. The zero-order valence-corrected chi connectivity index (χ0v) is 36.3. The average Bonchev–Trinajstić information content (AvgIpc) is 3.17. The lowest BCUT2D eigenvalue weighted by Gasteiger charge is -2.18. The highest BCUT2D eigenvalue weighted by atomic mass is 31.2. The molecule has 3 atom stereocenters. The Kier molecular flexibility index (Phi) is 38.3. The number of allylic oxidation sites excluding steroid dienone is 4. The lowest BCUT2D eigenvalue weighted by Crippen LogP contribution is -2.43. The molecular weight excluding hydrogens is 733 g/mol. The zero-order valence-electron chi connectivity index (χ0n) is 35.4. The monoisotopic (exact) mass is 816 g/mol. The van der Waals surface area contributed by atoms with Gasteiger partial charge in [0.1, 0.15) is 12.7 Å². The maximum Gasteiger partial charge on any atom is 0.472 e. The van der Waals surface area contributed by atoms with Crippen LogP contribution in [-0.4, -0.2) is 64.9 Å². The lowest BCUT2D eigenvalue weighted by molar-refractivity contribution is -0.147. The molecule has 11 nitrogen and oxygen atoms in total. The number of unbranched alkanes of at least 4 members (excludes halogenated alkanes) is 24. The number of carbonyl (C=O) groups excluding carboxylic acids is 2. The van der Waals surface area contributed by atoms with Crippen LogP contribution in [0.25, 0.3) is 0 Å². The van der Waals surface area contributed by atoms with Crippen molar-refractivity contribution >= 4 is 25.7 Å². The molecule has 0 aromatic carbocycles. The Morgan fingerprint density at radius 2 is 0.946 bits per heavy atom. The number of hydrogen-bond donors (Lipinski definition) is 4. The molecule has 0 fully saturated rings. The van der Waals surface area contributed by atoms with Gasteiger partial charge in [-0.15, -0.1) is 0 Å². The average molecular weight is 816 g/mol. The Hall–Kier alpha value is -2.04. The number of phosphoric acid groups is 1. The number of phosphoric ester groups is 1. The minimum atomic E-state index is -4.75. The molecule has 0 saturated carbocycles. The molecule has 328 valence electrons. The Labute approximate surface area is 340 Å². The van der Waals surface area contributed by atoms with Gasteiger partial charge in [0.25, 0.3) is 0 Å². The topological polar surface area (TPSA) is 169 Å². The molecule has 0 bridgehead atoms. The molecule has 0 radical (unpaired) electrons. The van der Waals surface area contributed by atoms with Crippen LogP contribution in [0.4, 0.5) is 0 Å². The summed E-state index contributed by atoms with van der Waals surface area (Å²) in [6.07, 6.45) is 40.7. The highest BCUT2D eigenvalue weighted by molar-refractivity contribution is 7.47. The molecule has 0 heterocycles. The smallest absolute Gasteiger partial charge is 0.472 e. The van der Waals surface area contributed by atoms with Crippen LogP contribution in [0.15, 0.2) is 24.3 Å². The number of aliphatic hydroxyl groups excluding tert-OH is 1. The van der Waals surface area contributed by atoms with Crippen LogP contribution in [0.1, 0.15) is 206 Å². The summed E-state index contributed by atoms with van der Waals surface area (Å²) in [6, 6.07) is -1.55. The van der Waals surface area contributed by atoms with Crippen molar-refractivity contribution in [3.63, 3.8) is 0 Å². The van der Waals surface area contributed by atoms with Crippen LogP contribution in [0.2, 0.25) is 0 Å². The van der Waals surface area contributed by atoms with E-state index in [9.17, 15) is 34.1 Å². The van der Waals surface area contributed by atoms with Crippen LogP contribution in [0.5, 0.6) is 0 Å². The van der Waals surface area contributed by atoms with Gasteiger partial charge in [0.2, 0.25) is 5.91 Å². The van der Waals surface area contributed by atoms with E-state index in [1.165, 1.54) is 109 Å². The molecule has 0 rings (SSSR count). The summed E-state index contributed by atoms with van der Waals surface area (Å²) < 4.78 is 26.8. The molecular formula is C44H82NO10P. The largest absolute Gasteiger partial charge is 0.480 e. The van der Waals surface area contributed by atoms with Crippen molar-refractivity contribution in [1.82, 2.24) is 5.32 Å². The number of rotatable bonds is 42. The summed E-state index contributed by atoms with van der Waals surface area (Å²) in [5.74, 6) is -2.38. The summed E-state index contributed by atoms with van der Waals surface area (Å²) in [4.78, 5) is 45.8. The van der Waals surface area contributed by atoms with Crippen molar-refractivity contribution < 1.29 is 47.8 Å². The third-order valence-corrected chi connectivity index (χ3v) is 10.7. The zero-order chi connectivity index (χ0) is 41.4. The van der Waals surface area contributed by atoms with Crippen molar-refractivity contribution in [2.45, 2.75) is 219 Å². The van der Waals surface area contributed by atoms with Crippen LogP contribution in [-0.2, 0) is 32.7 Å². The number of amides is 1. The highest BCUT2D eigenvalue weighted by Crippen LogP contribution is 2.43. The second-order valence-electron chi connectivity index (χ2n) is 15.2. The molecule has 0 saturated heterocycles. The second-order valence-corrected chi connectivity index (χ2v) is 16.7. The first-order chi connectivity index (χ1) is 27.1. The van der Waals surface area contributed by atoms with Crippen molar-refractivity contribution in [1.29, 1.82) is 0 Å². The van der Waals surface area contributed by atoms with Gasteiger partial charge in [0, 0.05) is 12.8 Å². The molecule has 3 unspecified atom stereocenters. The van der Waals surface area contributed by atoms with E-state index in [0.29, 0.717) is 12.8 Å². The van der Waals surface area contributed by atoms with E-state index in [2.05, 4.69) is 43.5 Å². The Morgan fingerprint density at radius 1 is 0.554 bits per heavy atom. The van der Waals surface area contributed by atoms with Gasteiger partial charge in [-0.1, -0.05) is 160 Å². The quantitative estimate of drug-likeness (QED) is 0.0201. The molecule has 1 amide bonds. The number of carbonyl (C=O) groups is 3. The summed E-state index contributed by atoms with van der Waals surface area (Å²) >= 11 is 0. The fourth-order valence-electron chi connectivity index (χ4n) is 6.17. The molecule has 0 aliphatic rings. The first-order valence-electron chi connectivity index (χ1n) is 22.4. The number of ether oxygens (including phenoxy) is 1. The maximum atomic E-state index is 12.2. The normalized spacial score (nSPS) is 13.9. The van der Waals surface area contributed by atoms with E-state index < -0.39 is 57.6 Å². The molecule has 0 aromatic rings. The number of hydrogen-bond acceptors (Lipinski definition) is 8. The van der Waals surface area contributed by atoms with Gasteiger partial charge < -0.3 is 25.2 Å². The highest BCUT2D eigenvalue weighted by Gasteiger charge is 2.28. The van der Waals surface area contributed by atoms with Crippen molar-refractivity contribution in [3.8, 4) is 0 Å². The van der Waals surface area contributed by atoms with E-state index in [4.69, 9.17) is 13.8 Å². The van der Waals surface area contributed by atoms with Gasteiger partial charge in [-0.2, -0.15) is 0 Å². The number of carboxylic acid groups (broad SMARTS) is 1. The Morgan fingerprint density at radius 3 is 1.41 bits per heavy atom. The van der Waals surface area contributed by atoms with E-state index in [1.807, 2.05) is 0 Å². The first-order valence-corrected chi connectivity index (χ1v) is 23.9. The molecule has 4 N–H and O–H groups in total. The third-order valence-electron chi connectivity index (χ3n) is 9.71. The Bertz CT molecular complexity index is 1050. The SMILES string of the molecule is CCCC/C=C\CCCCCCCC(=O)NC(COP(=O)(O)OCC(O)COC(=O)CCCCCCCCCCCCC/C=C/CCCCCCCC)C(=O)O. The minimum Gasteiger partial charge on any atom is -0.480 e. The van der Waals surface area contributed by atoms with Gasteiger partial charge in [0.05, 0.1) is 13.2 Å². The van der Waals surface area contributed by atoms with Gasteiger partial charge in [-0.3, -0.25) is 18.6 Å². The molecule has 0 spiro atoms. The number of carboxylic acids is 1. The lowest BCUT2D eigenvalue weighted by atomic mass is 10.0. The van der Waals surface area contributed by atoms with Crippen molar-refractivity contribution in [3.05, 3.63) is 24.3 Å². The summed E-state index contributed by atoms with van der Waals surface area (Å²) in [7, 11) is -4.75. The number of nitrogens with one attached hydrogen (secondary N) is 1. The predicted molar refractivity (Wildman–Crippen MR) is 226 cm³/mol. The molecule has 0 aliphatic carbocycles. The van der Waals surface area contributed by atoms with Gasteiger partial charge >= 0.3 is 19.8 Å². The van der Waals surface area contributed by atoms with Crippen LogP contribution < -0.4 is 5.32 Å². The summed E-state index contributed by atoms with van der Waals surface area (Å²) in [5.41, 5.74) is 0. The van der Waals surface area contributed by atoms with E-state index in [0.717, 1.165) is 57.8 Å².